The molecule has 1 heterocycles. The van der Waals surface area contributed by atoms with Crippen LogP contribution in [-0.4, -0.2) is 81.7 Å². The van der Waals surface area contributed by atoms with Crippen LogP contribution < -0.4 is 20.1 Å². The Morgan fingerprint density at radius 2 is 1.86 bits per heavy atom. The van der Waals surface area contributed by atoms with Gasteiger partial charge in [0.25, 0.3) is 0 Å². The van der Waals surface area contributed by atoms with Crippen LogP contribution in [0.5, 0.6) is 11.5 Å². The van der Waals surface area contributed by atoms with Gasteiger partial charge in [-0.15, -0.1) is 24.0 Å². The molecule has 0 radical (unpaired) electrons. The molecule has 9 heteroatoms. The summed E-state index contributed by atoms with van der Waals surface area (Å²) >= 11 is 0. The van der Waals surface area contributed by atoms with Gasteiger partial charge >= 0.3 is 0 Å². The summed E-state index contributed by atoms with van der Waals surface area (Å²) in [6, 6.07) is 5.75. The lowest BCUT2D eigenvalue weighted by Gasteiger charge is -2.34. The zero-order valence-corrected chi connectivity index (χ0v) is 20.2. The first-order valence-corrected chi connectivity index (χ1v) is 9.78. The number of rotatable bonds is 8. The fourth-order valence-corrected chi connectivity index (χ4v) is 3.11. The van der Waals surface area contributed by atoms with Gasteiger partial charge in [0.05, 0.1) is 20.8 Å². The fraction of sp³-hybridized carbons (Fsp3) is 0.600. The Morgan fingerprint density at radius 3 is 2.45 bits per heavy atom. The number of hydrogen-bond acceptors (Lipinski definition) is 5. The van der Waals surface area contributed by atoms with Crippen molar-refractivity contribution in [1.29, 1.82) is 0 Å². The van der Waals surface area contributed by atoms with Gasteiger partial charge in [0.2, 0.25) is 5.91 Å². The van der Waals surface area contributed by atoms with Gasteiger partial charge in [0, 0.05) is 64.4 Å². The van der Waals surface area contributed by atoms with Crippen LogP contribution in [0.2, 0.25) is 0 Å². The number of methoxy groups -OCH3 is 2. The summed E-state index contributed by atoms with van der Waals surface area (Å²) in [5.41, 5.74) is 1.00. The largest absolute Gasteiger partial charge is 0.497 e. The van der Waals surface area contributed by atoms with Gasteiger partial charge in [0.1, 0.15) is 11.5 Å². The SMILES string of the molecule is CCNC(=NCc1ccc(OC)cc1OC)NCCN1CCN(C(C)=O)CC1.I. The van der Waals surface area contributed by atoms with E-state index >= 15 is 0 Å². The third-order valence-electron chi connectivity index (χ3n) is 4.78. The molecule has 2 N–H and O–H groups in total. The lowest BCUT2D eigenvalue weighted by Crippen LogP contribution is -2.50. The Labute approximate surface area is 191 Å². The molecule has 0 spiro atoms. The van der Waals surface area contributed by atoms with Gasteiger partial charge in [-0.2, -0.15) is 0 Å². The molecule has 29 heavy (non-hydrogen) atoms. The molecular formula is C20H34IN5O3. The molecule has 1 amide bonds. The van der Waals surface area contributed by atoms with Crippen LogP contribution in [0.25, 0.3) is 0 Å². The van der Waals surface area contributed by atoms with Gasteiger partial charge in [-0.05, 0) is 19.1 Å². The van der Waals surface area contributed by atoms with Crippen molar-refractivity contribution in [3.63, 3.8) is 0 Å². The number of carbonyl (C=O) groups excluding carboxylic acids is 1. The van der Waals surface area contributed by atoms with Gasteiger partial charge in [-0.3, -0.25) is 9.69 Å². The Hall–Kier alpha value is -1.75. The Balaban J connectivity index is 0.00000420. The number of amides is 1. The van der Waals surface area contributed by atoms with Gasteiger partial charge in [-0.1, -0.05) is 0 Å². The number of hydrogen-bond donors (Lipinski definition) is 2. The number of benzene rings is 1. The fourth-order valence-electron chi connectivity index (χ4n) is 3.11. The van der Waals surface area contributed by atoms with E-state index in [-0.39, 0.29) is 29.9 Å². The smallest absolute Gasteiger partial charge is 0.219 e. The molecule has 164 valence electrons. The molecule has 0 atom stereocenters. The molecule has 0 saturated carbocycles. The van der Waals surface area contributed by atoms with Crippen LogP contribution in [0, 0.1) is 0 Å². The van der Waals surface area contributed by atoms with E-state index in [1.165, 1.54) is 0 Å². The highest BCUT2D eigenvalue weighted by atomic mass is 127. The molecule has 0 unspecified atom stereocenters. The van der Waals surface area contributed by atoms with Crippen LogP contribution in [-0.2, 0) is 11.3 Å². The van der Waals surface area contributed by atoms with Crippen molar-refractivity contribution < 1.29 is 14.3 Å². The third kappa shape index (κ3) is 8.25. The Bertz CT molecular complexity index is 664. The molecule has 1 saturated heterocycles. The van der Waals surface area contributed by atoms with Crippen LogP contribution in [0.3, 0.4) is 0 Å². The summed E-state index contributed by atoms with van der Waals surface area (Å²) in [5, 5.41) is 6.66. The van der Waals surface area contributed by atoms with Crippen molar-refractivity contribution in [2.75, 3.05) is 60.0 Å². The molecule has 1 fully saturated rings. The first kappa shape index (κ1) is 25.3. The molecule has 1 aliphatic rings. The minimum absolute atomic E-state index is 0. The van der Waals surface area contributed by atoms with Crippen LogP contribution >= 0.6 is 24.0 Å². The zero-order chi connectivity index (χ0) is 20.4. The van der Waals surface area contributed by atoms with Crippen LogP contribution in [0.15, 0.2) is 23.2 Å². The van der Waals surface area contributed by atoms with Gasteiger partial charge < -0.3 is 25.0 Å². The second-order valence-electron chi connectivity index (χ2n) is 6.65. The highest BCUT2D eigenvalue weighted by Gasteiger charge is 2.17. The number of piperazine rings is 1. The number of nitrogens with zero attached hydrogens (tertiary/aromatic N) is 3. The molecule has 1 aliphatic heterocycles. The number of ether oxygens (including phenoxy) is 2. The zero-order valence-electron chi connectivity index (χ0n) is 17.9. The highest BCUT2D eigenvalue weighted by molar-refractivity contribution is 14.0. The molecule has 1 aromatic rings. The molecule has 0 aromatic heterocycles. The van der Waals surface area contributed by atoms with E-state index in [0.717, 1.165) is 68.8 Å². The molecule has 0 bridgehead atoms. The van der Waals surface area contributed by atoms with Crippen molar-refractivity contribution in [2.24, 2.45) is 4.99 Å². The van der Waals surface area contributed by atoms with Crippen LogP contribution in [0.1, 0.15) is 19.4 Å². The maximum atomic E-state index is 11.4. The molecule has 0 aliphatic carbocycles. The lowest BCUT2D eigenvalue weighted by atomic mass is 10.2. The summed E-state index contributed by atoms with van der Waals surface area (Å²) in [7, 11) is 3.29. The maximum absolute atomic E-state index is 11.4. The topological polar surface area (TPSA) is 78.4 Å². The van der Waals surface area contributed by atoms with Crippen molar-refractivity contribution in [2.45, 2.75) is 20.4 Å². The average molecular weight is 519 g/mol. The minimum atomic E-state index is 0. The van der Waals surface area contributed by atoms with E-state index in [0.29, 0.717) is 6.54 Å². The summed E-state index contributed by atoms with van der Waals surface area (Å²) in [6.07, 6.45) is 0. The van der Waals surface area contributed by atoms with E-state index < -0.39 is 0 Å². The predicted molar refractivity (Wildman–Crippen MR) is 126 cm³/mol. The second kappa shape index (κ2) is 13.5. The van der Waals surface area contributed by atoms with Crippen molar-refractivity contribution in [3.8, 4) is 11.5 Å². The number of halogens is 1. The third-order valence-corrected chi connectivity index (χ3v) is 4.78. The second-order valence-corrected chi connectivity index (χ2v) is 6.65. The number of carbonyl (C=O) groups is 1. The van der Waals surface area contributed by atoms with Crippen molar-refractivity contribution >= 4 is 35.8 Å². The summed E-state index contributed by atoms with van der Waals surface area (Å²) in [4.78, 5) is 20.3. The summed E-state index contributed by atoms with van der Waals surface area (Å²) in [5.74, 6) is 2.47. The van der Waals surface area contributed by atoms with Crippen molar-refractivity contribution in [3.05, 3.63) is 23.8 Å². The lowest BCUT2D eigenvalue weighted by molar-refractivity contribution is -0.130. The number of aliphatic imine (C=N–C) groups is 1. The monoisotopic (exact) mass is 519 g/mol. The molecule has 2 rings (SSSR count). The van der Waals surface area contributed by atoms with E-state index in [4.69, 9.17) is 9.47 Å². The number of guanidine groups is 1. The van der Waals surface area contributed by atoms with Crippen LogP contribution in [0.4, 0.5) is 0 Å². The number of nitrogens with one attached hydrogen (secondary N) is 2. The summed E-state index contributed by atoms with van der Waals surface area (Å²) < 4.78 is 10.7. The van der Waals surface area contributed by atoms with Gasteiger partial charge in [0.15, 0.2) is 5.96 Å². The highest BCUT2D eigenvalue weighted by Crippen LogP contribution is 2.25. The Kier molecular flexibility index (Phi) is 11.7. The van der Waals surface area contributed by atoms with Gasteiger partial charge in [-0.25, -0.2) is 4.99 Å². The van der Waals surface area contributed by atoms with E-state index in [1.807, 2.05) is 30.0 Å². The summed E-state index contributed by atoms with van der Waals surface area (Å²) in [6.45, 7) is 10.1. The van der Waals surface area contributed by atoms with E-state index in [1.54, 1.807) is 21.1 Å². The molecule has 8 nitrogen and oxygen atoms in total. The van der Waals surface area contributed by atoms with E-state index in [9.17, 15) is 4.79 Å². The normalized spacial score (nSPS) is 14.8. The molecule has 1 aromatic carbocycles. The first-order chi connectivity index (χ1) is 13.6. The quantitative estimate of drug-likeness (QED) is 0.309. The first-order valence-electron chi connectivity index (χ1n) is 9.78. The standard InChI is InChI=1S/C20H33N5O3.HI/c1-5-21-20(22-8-9-24-10-12-25(13-11-24)16(2)26)23-15-17-6-7-18(27-3)14-19(17)28-4;/h6-7,14H,5,8-13,15H2,1-4H3,(H2,21,22,23);1H. The van der Waals surface area contributed by atoms with Crippen molar-refractivity contribution in [1.82, 2.24) is 20.4 Å². The van der Waals surface area contributed by atoms with E-state index in [2.05, 4.69) is 20.5 Å². The minimum Gasteiger partial charge on any atom is -0.497 e. The predicted octanol–water partition coefficient (Wildman–Crippen LogP) is 1.54. The average Bonchev–Trinajstić information content (AvgIpc) is 2.72. The maximum Gasteiger partial charge on any atom is 0.219 e. The Morgan fingerprint density at radius 1 is 1.14 bits per heavy atom. The molecular weight excluding hydrogens is 485 g/mol.